The zero-order chi connectivity index (χ0) is 12.1. The van der Waals surface area contributed by atoms with Crippen LogP contribution in [0.5, 0.6) is 0 Å². The van der Waals surface area contributed by atoms with Crippen molar-refractivity contribution in [3.05, 3.63) is 21.3 Å². The summed E-state index contributed by atoms with van der Waals surface area (Å²) in [6, 6.07) is 1.57. The molecule has 1 aromatic heterocycles. The van der Waals surface area contributed by atoms with Crippen molar-refractivity contribution in [1.82, 2.24) is 4.98 Å². The molecule has 0 amide bonds. The van der Waals surface area contributed by atoms with Crippen LogP contribution in [0.25, 0.3) is 0 Å². The Hall–Kier alpha value is -0.220. The van der Waals surface area contributed by atoms with Crippen molar-refractivity contribution in [3.63, 3.8) is 0 Å². The van der Waals surface area contributed by atoms with Gasteiger partial charge in [-0.15, -0.1) is 0 Å². The molecular weight excluding hydrogens is 270 g/mol. The third-order valence-electron chi connectivity index (χ3n) is 1.96. The largest absolute Gasteiger partial charge is 0.384 e. The van der Waals surface area contributed by atoms with Gasteiger partial charge in [0.15, 0.2) is 0 Å². The van der Waals surface area contributed by atoms with Crippen LogP contribution in [0.15, 0.2) is 6.07 Å². The van der Waals surface area contributed by atoms with E-state index in [9.17, 15) is 0 Å². The molecular formula is C10H13Cl3N2O. The molecule has 0 aromatic carbocycles. The first-order valence-electron chi connectivity index (χ1n) is 4.79. The Morgan fingerprint density at radius 3 is 2.69 bits per heavy atom. The zero-order valence-electron chi connectivity index (χ0n) is 9.06. The maximum absolute atomic E-state index is 5.96. The van der Waals surface area contributed by atoms with Crippen LogP contribution in [0.1, 0.15) is 6.92 Å². The van der Waals surface area contributed by atoms with Crippen molar-refractivity contribution >= 4 is 40.6 Å². The molecule has 1 N–H and O–H groups in total. The zero-order valence-corrected chi connectivity index (χ0v) is 11.3. The van der Waals surface area contributed by atoms with Crippen LogP contribution < -0.4 is 5.32 Å². The van der Waals surface area contributed by atoms with Gasteiger partial charge in [0, 0.05) is 13.7 Å². The molecule has 1 atom stereocenters. The monoisotopic (exact) mass is 282 g/mol. The number of rotatable bonds is 5. The topological polar surface area (TPSA) is 34.1 Å². The molecule has 0 fully saturated rings. The number of nitrogens with zero attached hydrogens (tertiary/aromatic N) is 1. The first kappa shape index (κ1) is 13.8. The van der Waals surface area contributed by atoms with Gasteiger partial charge >= 0.3 is 0 Å². The highest BCUT2D eigenvalue weighted by molar-refractivity contribution is 6.42. The van der Waals surface area contributed by atoms with Crippen LogP contribution in [0, 0.1) is 5.92 Å². The molecule has 0 saturated heterocycles. The summed E-state index contributed by atoms with van der Waals surface area (Å²) in [7, 11) is 1.67. The SMILES string of the molecule is COCC(C)CNc1nc(Cl)c(Cl)cc1Cl. The van der Waals surface area contributed by atoms with Crippen molar-refractivity contribution in [1.29, 1.82) is 0 Å². The first-order valence-corrected chi connectivity index (χ1v) is 5.92. The summed E-state index contributed by atoms with van der Waals surface area (Å²) in [5.74, 6) is 0.899. The Morgan fingerprint density at radius 2 is 2.06 bits per heavy atom. The number of anilines is 1. The predicted octanol–water partition coefficient (Wildman–Crippen LogP) is 3.74. The summed E-state index contributed by atoms with van der Waals surface area (Å²) in [5, 5.41) is 4.15. The lowest BCUT2D eigenvalue weighted by Gasteiger charge is -2.13. The van der Waals surface area contributed by atoms with E-state index in [1.165, 1.54) is 0 Å². The average molecular weight is 284 g/mol. The molecule has 0 aliphatic rings. The fourth-order valence-corrected chi connectivity index (χ4v) is 1.75. The fourth-order valence-electron chi connectivity index (χ4n) is 1.18. The molecule has 0 aliphatic heterocycles. The smallest absolute Gasteiger partial charge is 0.150 e. The van der Waals surface area contributed by atoms with Gasteiger partial charge in [0.05, 0.1) is 16.7 Å². The van der Waals surface area contributed by atoms with E-state index >= 15 is 0 Å². The highest BCUT2D eigenvalue weighted by Crippen LogP contribution is 2.28. The van der Waals surface area contributed by atoms with Crippen molar-refractivity contribution < 1.29 is 4.74 Å². The lowest BCUT2D eigenvalue weighted by Crippen LogP contribution is -2.16. The Kier molecular flexibility index (Phi) is 5.62. The minimum absolute atomic E-state index is 0.243. The molecule has 1 aromatic rings. The second kappa shape index (κ2) is 6.50. The lowest BCUT2D eigenvalue weighted by molar-refractivity contribution is 0.164. The summed E-state index contributed by atoms with van der Waals surface area (Å²) in [4.78, 5) is 4.05. The van der Waals surface area contributed by atoms with E-state index in [2.05, 4.69) is 17.2 Å². The van der Waals surface area contributed by atoms with E-state index in [4.69, 9.17) is 39.5 Å². The van der Waals surface area contributed by atoms with Crippen LogP contribution in [0.2, 0.25) is 15.2 Å². The quantitative estimate of drug-likeness (QED) is 0.836. The molecule has 0 saturated carbocycles. The minimum Gasteiger partial charge on any atom is -0.384 e. The maximum Gasteiger partial charge on any atom is 0.150 e. The van der Waals surface area contributed by atoms with Gasteiger partial charge < -0.3 is 10.1 Å². The summed E-state index contributed by atoms with van der Waals surface area (Å²) in [5.41, 5.74) is 0. The fraction of sp³-hybridized carbons (Fsp3) is 0.500. The second-order valence-electron chi connectivity index (χ2n) is 3.53. The number of hydrogen-bond acceptors (Lipinski definition) is 3. The van der Waals surface area contributed by atoms with Gasteiger partial charge in [0.25, 0.3) is 0 Å². The molecule has 16 heavy (non-hydrogen) atoms. The number of aromatic nitrogens is 1. The highest BCUT2D eigenvalue weighted by Gasteiger charge is 2.08. The molecule has 0 radical (unpaired) electrons. The molecule has 1 rings (SSSR count). The van der Waals surface area contributed by atoms with Crippen LogP contribution in [-0.4, -0.2) is 25.2 Å². The predicted molar refractivity (Wildman–Crippen MR) is 68.8 cm³/mol. The number of halogens is 3. The maximum atomic E-state index is 5.96. The van der Waals surface area contributed by atoms with Gasteiger partial charge in [0.1, 0.15) is 11.0 Å². The van der Waals surface area contributed by atoms with Gasteiger partial charge in [-0.3, -0.25) is 0 Å². The molecule has 0 bridgehead atoms. The molecule has 0 spiro atoms. The molecule has 3 nitrogen and oxygen atoms in total. The average Bonchev–Trinajstić information content (AvgIpc) is 2.22. The van der Waals surface area contributed by atoms with Gasteiger partial charge in [0.2, 0.25) is 0 Å². The third kappa shape index (κ3) is 3.98. The van der Waals surface area contributed by atoms with Crippen molar-refractivity contribution in [2.45, 2.75) is 6.92 Å². The first-order chi connectivity index (χ1) is 7.54. The number of nitrogens with one attached hydrogen (secondary N) is 1. The third-order valence-corrected chi connectivity index (χ3v) is 2.92. The van der Waals surface area contributed by atoms with Crippen LogP contribution in [0.4, 0.5) is 5.82 Å². The van der Waals surface area contributed by atoms with Crippen LogP contribution in [-0.2, 0) is 4.74 Å². The number of pyridine rings is 1. The molecule has 1 unspecified atom stereocenters. The van der Waals surface area contributed by atoms with Gasteiger partial charge in [-0.2, -0.15) is 0 Å². The summed E-state index contributed by atoms with van der Waals surface area (Å²) >= 11 is 17.5. The van der Waals surface area contributed by atoms with Gasteiger partial charge in [-0.05, 0) is 12.0 Å². The van der Waals surface area contributed by atoms with Crippen LogP contribution in [0.3, 0.4) is 0 Å². The van der Waals surface area contributed by atoms with Gasteiger partial charge in [-0.25, -0.2) is 4.98 Å². The van der Waals surface area contributed by atoms with Crippen LogP contribution >= 0.6 is 34.8 Å². The Morgan fingerprint density at radius 1 is 1.38 bits per heavy atom. The molecule has 0 aliphatic carbocycles. The molecule has 6 heteroatoms. The Bertz CT molecular complexity index is 360. The molecule has 90 valence electrons. The van der Waals surface area contributed by atoms with E-state index in [1.807, 2.05) is 0 Å². The number of hydrogen-bond donors (Lipinski definition) is 1. The van der Waals surface area contributed by atoms with Gasteiger partial charge in [-0.1, -0.05) is 41.7 Å². The van der Waals surface area contributed by atoms with E-state index in [0.29, 0.717) is 34.9 Å². The normalized spacial score (nSPS) is 12.6. The minimum atomic E-state index is 0.243. The van der Waals surface area contributed by atoms with E-state index in [0.717, 1.165) is 0 Å². The summed E-state index contributed by atoms with van der Waals surface area (Å²) in [6.07, 6.45) is 0. The standard InChI is InChI=1S/C10H13Cl3N2O/c1-6(5-16-2)4-14-10-8(12)3-7(11)9(13)15-10/h3,6H,4-5H2,1-2H3,(H,14,15). The van der Waals surface area contributed by atoms with E-state index < -0.39 is 0 Å². The van der Waals surface area contributed by atoms with E-state index in [-0.39, 0.29) is 5.15 Å². The summed E-state index contributed by atoms with van der Waals surface area (Å²) in [6.45, 7) is 3.44. The van der Waals surface area contributed by atoms with Crippen molar-refractivity contribution in [2.75, 3.05) is 25.6 Å². The Labute approximate surface area is 110 Å². The highest BCUT2D eigenvalue weighted by atomic mass is 35.5. The lowest BCUT2D eigenvalue weighted by atomic mass is 10.2. The second-order valence-corrected chi connectivity index (χ2v) is 4.71. The van der Waals surface area contributed by atoms with Crippen molar-refractivity contribution in [3.8, 4) is 0 Å². The Balaban J connectivity index is 2.63. The number of methoxy groups -OCH3 is 1. The molecule has 1 heterocycles. The van der Waals surface area contributed by atoms with Crippen molar-refractivity contribution in [2.24, 2.45) is 5.92 Å². The van der Waals surface area contributed by atoms with E-state index in [1.54, 1.807) is 13.2 Å². The number of ether oxygens (including phenoxy) is 1. The summed E-state index contributed by atoms with van der Waals surface area (Å²) < 4.78 is 5.02.